The molecule has 0 radical (unpaired) electrons. The van der Waals surface area contributed by atoms with Crippen LogP contribution in [0.1, 0.15) is 39.5 Å². The highest BCUT2D eigenvalue weighted by atomic mass is 16.5. The number of rotatable bonds is 6. The molecule has 1 atom stereocenters. The van der Waals surface area contributed by atoms with Crippen LogP contribution in [0.25, 0.3) is 0 Å². The molecular weight excluding hydrogens is 178 g/mol. The van der Waals surface area contributed by atoms with Crippen LogP contribution < -0.4 is 5.73 Å². The molecule has 1 unspecified atom stereocenters. The Morgan fingerprint density at radius 1 is 1.21 bits per heavy atom. The zero-order valence-electron chi connectivity index (χ0n) is 9.42. The molecular formula is C11H23NO2. The number of ether oxygens (including phenoxy) is 2. The average molecular weight is 201 g/mol. The van der Waals surface area contributed by atoms with Gasteiger partial charge in [-0.2, -0.15) is 0 Å². The molecule has 1 aliphatic carbocycles. The maximum Gasteiger partial charge on any atom is 0.0855 e. The van der Waals surface area contributed by atoms with E-state index in [0.29, 0.717) is 6.61 Å². The third-order valence-corrected chi connectivity index (χ3v) is 3.06. The topological polar surface area (TPSA) is 44.5 Å². The third-order valence-electron chi connectivity index (χ3n) is 3.06. The van der Waals surface area contributed by atoms with Crippen molar-refractivity contribution < 1.29 is 9.47 Å². The van der Waals surface area contributed by atoms with Gasteiger partial charge >= 0.3 is 0 Å². The SMILES string of the molecule is CCOCC(N)C1(OCC)CCCC1. The van der Waals surface area contributed by atoms with E-state index < -0.39 is 0 Å². The van der Waals surface area contributed by atoms with Crippen LogP contribution in [0.4, 0.5) is 0 Å². The Bertz CT molecular complexity index is 155. The van der Waals surface area contributed by atoms with E-state index in [9.17, 15) is 0 Å². The van der Waals surface area contributed by atoms with Crippen molar-refractivity contribution in [2.24, 2.45) is 5.73 Å². The third kappa shape index (κ3) is 2.69. The fraction of sp³-hybridized carbons (Fsp3) is 1.00. The Hall–Kier alpha value is -0.120. The van der Waals surface area contributed by atoms with Gasteiger partial charge in [0.05, 0.1) is 18.2 Å². The summed E-state index contributed by atoms with van der Waals surface area (Å²) >= 11 is 0. The summed E-state index contributed by atoms with van der Waals surface area (Å²) < 4.78 is 11.2. The average Bonchev–Trinajstić information content (AvgIpc) is 2.64. The van der Waals surface area contributed by atoms with Crippen LogP contribution in [0.3, 0.4) is 0 Å². The fourth-order valence-corrected chi connectivity index (χ4v) is 2.28. The van der Waals surface area contributed by atoms with Crippen molar-refractivity contribution in [1.82, 2.24) is 0 Å². The van der Waals surface area contributed by atoms with E-state index in [0.717, 1.165) is 26.1 Å². The quantitative estimate of drug-likeness (QED) is 0.711. The van der Waals surface area contributed by atoms with Crippen LogP contribution in [0.15, 0.2) is 0 Å². The normalized spacial score (nSPS) is 22.5. The Balaban J connectivity index is 2.48. The lowest BCUT2D eigenvalue weighted by molar-refractivity contribution is -0.0698. The van der Waals surface area contributed by atoms with E-state index in [2.05, 4.69) is 0 Å². The van der Waals surface area contributed by atoms with Gasteiger partial charge in [0.15, 0.2) is 0 Å². The summed E-state index contributed by atoms with van der Waals surface area (Å²) in [6.45, 7) is 6.13. The van der Waals surface area contributed by atoms with Crippen molar-refractivity contribution in [2.75, 3.05) is 19.8 Å². The van der Waals surface area contributed by atoms with Gasteiger partial charge < -0.3 is 15.2 Å². The van der Waals surface area contributed by atoms with E-state index in [1.165, 1.54) is 12.8 Å². The first kappa shape index (κ1) is 12.0. The van der Waals surface area contributed by atoms with Crippen LogP contribution in [0, 0.1) is 0 Å². The van der Waals surface area contributed by atoms with Crippen molar-refractivity contribution in [3.63, 3.8) is 0 Å². The molecule has 1 saturated carbocycles. The van der Waals surface area contributed by atoms with Crippen molar-refractivity contribution in [3.05, 3.63) is 0 Å². The Kier molecular flexibility index (Phi) is 4.85. The first-order valence-electron chi connectivity index (χ1n) is 5.72. The van der Waals surface area contributed by atoms with Crippen molar-refractivity contribution in [2.45, 2.75) is 51.2 Å². The summed E-state index contributed by atoms with van der Waals surface area (Å²) in [7, 11) is 0. The van der Waals surface area contributed by atoms with Gasteiger partial charge in [-0.1, -0.05) is 12.8 Å². The second-order valence-electron chi connectivity index (χ2n) is 3.97. The van der Waals surface area contributed by atoms with E-state index in [-0.39, 0.29) is 11.6 Å². The number of nitrogens with two attached hydrogens (primary N) is 1. The highest BCUT2D eigenvalue weighted by Crippen LogP contribution is 2.35. The first-order chi connectivity index (χ1) is 6.75. The standard InChI is InChI=1S/C11H23NO2/c1-3-13-9-10(12)11(14-4-2)7-5-6-8-11/h10H,3-9,12H2,1-2H3. The van der Waals surface area contributed by atoms with Crippen molar-refractivity contribution in [3.8, 4) is 0 Å². The zero-order chi connectivity index (χ0) is 10.4. The van der Waals surface area contributed by atoms with E-state index in [1.54, 1.807) is 0 Å². The second-order valence-corrected chi connectivity index (χ2v) is 3.97. The predicted octanol–water partition coefficient (Wildman–Crippen LogP) is 1.70. The highest BCUT2D eigenvalue weighted by molar-refractivity contribution is 4.95. The van der Waals surface area contributed by atoms with Crippen LogP contribution >= 0.6 is 0 Å². The van der Waals surface area contributed by atoms with Gasteiger partial charge in [-0.25, -0.2) is 0 Å². The molecule has 0 aliphatic heterocycles. The lowest BCUT2D eigenvalue weighted by atomic mass is 9.93. The summed E-state index contributed by atoms with van der Waals surface area (Å²) in [6.07, 6.45) is 4.66. The summed E-state index contributed by atoms with van der Waals surface area (Å²) in [6, 6.07) is 0.0323. The molecule has 1 aliphatic rings. The minimum Gasteiger partial charge on any atom is -0.380 e. The molecule has 84 valence electrons. The van der Waals surface area contributed by atoms with E-state index >= 15 is 0 Å². The zero-order valence-corrected chi connectivity index (χ0v) is 9.42. The molecule has 0 aromatic carbocycles. The molecule has 14 heavy (non-hydrogen) atoms. The van der Waals surface area contributed by atoms with Crippen LogP contribution in [0.2, 0.25) is 0 Å². The molecule has 0 saturated heterocycles. The summed E-state index contributed by atoms with van der Waals surface area (Å²) in [5, 5.41) is 0. The molecule has 0 amide bonds. The lowest BCUT2D eigenvalue weighted by Gasteiger charge is -2.34. The predicted molar refractivity (Wildman–Crippen MR) is 57.3 cm³/mol. The highest BCUT2D eigenvalue weighted by Gasteiger charge is 2.40. The minimum atomic E-state index is -0.0933. The lowest BCUT2D eigenvalue weighted by Crippen LogP contribution is -2.50. The van der Waals surface area contributed by atoms with Crippen molar-refractivity contribution >= 4 is 0 Å². The molecule has 0 bridgehead atoms. The molecule has 0 spiro atoms. The Morgan fingerprint density at radius 3 is 2.36 bits per heavy atom. The molecule has 1 rings (SSSR count). The molecule has 0 aromatic heterocycles. The second kappa shape index (κ2) is 5.69. The van der Waals surface area contributed by atoms with E-state index in [4.69, 9.17) is 15.2 Å². The molecule has 0 aromatic rings. The Labute approximate surface area is 86.9 Å². The molecule has 3 nitrogen and oxygen atoms in total. The largest absolute Gasteiger partial charge is 0.380 e. The number of hydrogen-bond acceptors (Lipinski definition) is 3. The van der Waals surface area contributed by atoms with Gasteiger partial charge in [-0.3, -0.25) is 0 Å². The molecule has 1 fully saturated rings. The van der Waals surface area contributed by atoms with Crippen LogP contribution in [0.5, 0.6) is 0 Å². The first-order valence-corrected chi connectivity index (χ1v) is 5.72. The van der Waals surface area contributed by atoms with Gasteiger partial charge in [0, 0.05) is 13.2 Å². The molecule has 3 heteroatoms. The van der Waals surface area contributed by atoms with Gasteiger partial charge in [0.25, 0.3) is 0 Å². The van der Waals surface area contributed by atoms with Crippen LogP contribution in [-0.4, -0.2) is 31.5 Å². The van der Waals surface area contributed by atoms with Gasteiger partial charge in [-0.05, 0) is 26.7 Å². The van der Waals surface area contributed by atoms with Gasteiger partial charge in [0.2, 0.25) is 0 Å². The summed E-state index contributed by atoms with van der Waals surface area (Å²) in [5.41, 5.74) is 6.04. The van der Waals surface area contributed by atoms with Crippen LogP contribution in [-0.2, 0) is 9.47 Å². The summed E-state index contributed by atoms with van der Waals surface area (Å²) in [4.78, 5) is 0. The molecule has 2 N–H and O–H groups in total. The van der Waals surface area contributed by atoms with Gasteiger partial charge in [0.1, 0.15) is 0 Å². The monoisotopic (exact) mass is 201 g/mol. The summed E-state index contributed by atoms with van der Waals surface area (Å²) in [5.74, 6) is 0. The Morgan fingerprint density at radius 2 is 1.86 bits per heavy atom. The minimum absolute atomic E-state index is 0.0323. The maximum atomic E-state index is 6.14. The molecule has 0 heterocycles. The van der Waals surface area contributed by atoms with E-state index in [1.807, 2.05) is 13.8 Å². The van der Waals surface area contributed by atoms with Crippen molar-refractivity contribution in [1.29, 1.82) is 0 Å². The number of hydrogen-bond donors (Lipinski definition) is 1. The van der Waals surface area contributed by atoms with Gasteiger partial charge in [-0.15, -0.1) is 0 Å². The smallest absolute Gasteiger partial charge is 0.0855 e. The fourth-order valence-electron chi connectivity index (χ4n) is 2.28. The maximum absolute atomic E-state index is 6.14.